The maximum Gasteiger partial charge on any atom is 0.454 e. The van der Waals surface area contributed by atoms with E-state index < -0.39 is 53.5 Å². The van der Waals surface area contributed by atoms with Gasteiger partial charge in [0.2, 0.25) is 5.88 Å². The number of carbonyl (C=O) groups is 1. The number of ether oxygens (including phenoxy) is 2. The van der Waals surface area contributed by atoms with E-state index in [0.717, 1.165) is 18.3 Å². The van der Waals surface area contributed by atoms with Crippen LogP contribution in [0.2, 0.25) is 0 Å². The number of pyridine rings is 1. The minimum atomic E-state index is -5.74. The van der Waals surface area contributed by atoms with Gasteiger partial charge in [-0.05, 0) is 43.5 Å². The molecule has 0 spiro atoms. The Morgan fingerprint density at radius 2 is 1.83 bits per heavy atom. The highest BCUT2D eigenvalue weighted by molar-refractivity contribution is 5.89. The van der Waals surface area contributed by atoms with Crippen molar-refractivity contribution >= 4 is 5.97 Å². The van der Waals surface area contributed by atoms with E-state index in [1.54, 1.807) is 6.92 Å². The molecule has 3 rings (SSSR count). The average molecular weight is 419 g/mol. The van der Waals surface area contributed by atoms with Crippen molar-refractivity contribution in [1.29, 1.82) is 0 Å². The maximum atomic E-state index is 14.3. The second kappa shape index (κ2) is 7.23. The molecule has 0 unspecified atom stereocenters. The lowest BCUT2D eigenvalue weighted by atomic mass is 9.88. The maximum absolute atomic E-state index is 14.3. The molecule has 1 aromatic carbocycles. The molecule has 2 aromatic rings. The molecule has 0 radical (unpaired) electrons. The molecule has 29 heavy (non-hydrogen) atoms. The summed E-state index contributed by atoms with van der Waals surface area (Å²) >= 11 is 0. The Kier molecular flexibility index (Phi) is 5.22. The van der Waals surface area contributed by atoms with Crippen LogP contribution in [0.1, 0.15) is 35.7 Å². The number of benzene rings is 1. The van der Waals surface area contributed by atoms with Crippen LogP contribution in [0.3, 0.4) is 0 Å². The third kappa shape index (κ3) is 3.75. The largest absolute Gasteiger partial charge is 0.462 e. The molecule has 0 N–H and O–H groups in total. The number of esters is 1. The molecule has 1 aliphatic carbocycles. The Bertz CT molecular complexity index is 907. The average Bonchev–Trinajstić information content (AvgIpc) is 3.45. The monoisotopic (exact) mass is 419 g/mol. The second-order valence-electron chi connectivity index (χ2n) is 6.51. The van der Waals surface area contributed by atoms with Crippen molar-refractivity contribution in [3.8, 4) is 11.6 Å². The SMILES string of the molecule is CCOC(=O)c1ccc(Oc2ccc(C3(C(F)(F)C(F)(F)F)CC3)cc2F)nc1. The van der Waals surface area contributed by atoms with Gasteiger partial charge in [0, 0.05) is 12.3 Å². The fraction of sp³-hybridized carbons (Fsp3) is 0.368. The fourth-order valence-electron chi connectivity index (χ4n) is 2.95. The van der Waals surface area contributed by atoms with Crippen molar-refractivity contribution in [2.24, 2.45) is 0 Å². The van der Waals surface area contributed by atoms with Gasteiger partial charge in [-0.3, -0.25) is 0 Å². The van der Waals surface area contributed by atoms with Crippen molar-refractivity contribution < 1.29 is 40.6 Å². The van der Waals surface area contributed by atoms with Crippen LogP contribution in [0.5, 0.6) is 11.6 Å². The molecule has 4 nitrogen and oxygen atoms in total. The molecule has 0 bridgehead atoms. The topological polar surface area (TPSA) is 48.4 Å². The molecular weight excluding hydrogens is 404 g/mol. The molecule has 156 valence electrons. The first-order chi connectivity index (χ1) is 13.5. The van der Waals surface area contributed by atoms with Crippen molar-refractivity contribution in [3.63, 3.8) is 0 Å². The van der Waals surface area contributed by atoms with E-state index in [1.807, 2.05) is 0 Å². The summed E-state index contributed by atoms with van der Waals surface area (Å²) in [4.78, 5) is 15.4. The second-order valence-corrected chi connectivity index (χ2v) is 6.51. The van der Waals surface area contributed by atoms with Gasteiger partial charge in [-0.2, -0.15) is 22.0 Å². The number of rotatable bonds is 6. The summed E-state index contributed by atoms with van der Waals surface area (Å²) in [6, 6.07) is 5.17. The molecule has 1 aromatic heterocycles. The summed E-state index contributed by atoms with van der Waals surface area (Å²) < 4.78 is 90.3. The van der Waals surface area contributed by atoms with Crippen LogP contribution in [0, 0.1) is 5.82 Å². The molecule has 0 atom stereocenters. The first-order valence-electron chi connectivity index (χ1n) is 8.57. The van der Waals surface area contributed by atoms with Gasteiger partial charge in [0.05, 0.1) is 17.6 Å². The van der Waals surface area contributed by atoms with Crippen LogP contribution in [0.25, 0.3) is 0 Å². The smallest absolute Gasteiger partial charge is 0.454 e. The van der Waals surface area contributed by atoms with E-state index >= 15 is 0 Å². The van der Waals surface area contributed by atoms with Gasteiger partial charge in [-0.25, -0.2) is 14.2 Å². The van der Waals surface area contributed by atoms with E-state index in [-0.39, 0.29) is 18.1 Å². The van der Waals surface area contributed by atoms with E-state index in [2.05, 4.69) is 4.98 Å². The molecule has 0 amide bonds. The van der Waals surface area contributed by atoms with Crippen molar-refractivity contribution in [1.82, 2.24) is 4.98 Å². The van der Waals surface area contributed by atoms with Crippen LogP contribution >= 0.6 is 0 Å². The van der Waals surface area contributed by atoms with Gasteiger partial charge in [-0.1, -0.05) is 6.07 Å². The first-order valence-corrected chi connectivity index (χ1v) is 8.57. The lowest BCUT2D eigenvalue weighted by Gasteiger charge is -2.29. The Morgan fingerprint density at radius 1 is 1.14 bits per heavy atom. The summed E-state index contributed by atoms with van der Waals surface area (Å²) in [7, 11) is 0. The van der Waals surface area contributed by atoms with Crippen molar-refractivity contribution in [2.75, 3.05) is 6.61 Å². The van der Waals surface area contributed by atoms with Crippen LogP contribution in [-0.2, 0) is 10.2 Å². The summed E-state index contributed by atoms with van der Waals surface area (Å²) in [5.74, 6) is -7.20. The lowest BCUT2D eigenvalue weighted by Crippen LogP contribution is -2.47. The zero-order valence-corrected chi connectivity index (χ0v) is 15.0. The minimum absolute atomic E-state index is 0.105. The highest BCUT2D eigenvalue weighted by Gasteiger charge is 2.75. The van der Waals surface area contributed by atoms with Gasteiger partial charge in [0.15, 0.2) is 11.6 Å². The number of halogens is 6. The van der Waals surface area contributed by atoms with Crippen LogP contribution < -0.4 is 4.74 Å². The number of nitrogens with zero attached hydrogens (tertiary/aromatic N) is 1. The summed E-state index contributed by atoms with van der Waals surface area (Å²) in [5.41, 5.74) is -2.78. The van der Waals surface area contributed by atoms with Gasteiger partial charge in [0.25, 0.3) is 0 Å². The van der Waals surface area contributed by atoms with E-state index in [4.69, 9.17) is 9.47 Å². The van der Waals surface area contributed by atoms with Gasteiger partial charge in [-0.15, -0.1) is 0 Å². The van der Waals surface area contributed by atoms with Crippen LogP contribution in [0.15, 0.2) is 36.5 Å². The molecule has 0 saturated heterocycles. The highest BCUT2D eigenvalue weighted by Crippen LogP contribution is 2.63. The van der Waals surface area contributed by atoms with Crippen LogP contribution in [-0.4, -0.2) is 29.7 Å². The number of hydrogen-bond donors (Lipinski definition) is 0. The molecular formula is C19H15F6NO3. The fourth-order valence-corrected chi connectivity index (χ4v) is 2.95. The highest BCUT2D eigenvalue weighted by atomic mass is 19.4. The van der Waals surface area contributed by atoms with E-state index in [0.29, 0.717) is 6.07 Å². The Balaban J connectivity index is 1.80. The molecule has 0 aliphatic heterocycles. The van der Waals surface area contributed by atoms with Gasteiger partial charge >= 0.3 is 18.1 Å². The lowest BCUT2D eigenvalue weighted by molar-refractivity contribution is -0.296. The summed E-state index contributed by atoms with van der Waals surface area (Å²) in [6.45, 7) is 1.80. The van der Waals surface area contributed by atoms with Gasteiger partial charge < -0.3 is 9.47 Å². The number of carbonyl (C=O) groups excluding carboxylic acids is 1. The standard InChI is InChI=1S/C19H15F6NO3/c1-2-28-16(27)11-3-6-15(26-10-11)29-14-5-4-12(9-13(14)20)17(7-8-17)18(21,22)19(23,24)25/h3-6,9-10H,2,7-8H2,1H3. The molecule has 1 fully saturated rings. The zero-order valence-electron chi connectivity index (χ0n) is 15.0. The predicted molar refractivity (Wildman–Crippen MR) is 88.6 cm³/mol. The van der Waals surface area contributed by atoms with E-state index in [1.165, 1.54) is 12.1 Å². The third-order valence-corrected chi connectivity index (χ3v) is 4.65. The summed E-state index contributed by atoms with van der Waals surface area (Å²) in [6.07, 6.45) is -5.41. The molecule has 10 heteroatoms. The van der Waals surface area contributed by atoms with Gasteiger partial charge in [0.1, 0.15) is 0 Å². The number of aromatic nitrogens is 1. The quantitative estimate of drug-likeness (QED) is 0.464. The van der Waals surface area contributed by atoms with Crippen LogP contribution in [0.4, 0.5) is 26.3 Å². The Hall–Kier alpha value is -2.78. The predicted octanol–water partition coefficient (Wildman–Crippen LogP) is 5.42. The molecule has 1 heterocycles. The third-order valence-electron chi connectivity index (χ3n) is 4.65. The summed E-state index contributed by atoms with van der Waals surface area (Å²) in [5, 5.41) is 0. The number of hydrogen-bond acceptors (Lipinski definition) is 4. The van der Waals surface area contributed by atoms with Crippen molar-refractivity contribution in [2.45, 2.75) is 37.3 Å². The first kappa shape index (κ1) is 20.9. The minimum Gasteiger partial charge on any atom is -0.462 e. The Labute approximate surface area is 161 Å². The molecule has 1 aliphatic rings. The van der Waals surface area contributed by atoms with Crippen molar-refractivity contribution in [3.05, 3.63) is 53.5 Å². The Morgan fingerprint density at radius 3 is 2.31 bits per heavy atom. The number of alkyl halides is 5. The normalized spacial score (nSPS) is 15.7. The zero-order chi connectivity index (χ0) is 21.4. The molecule has 1 saturated carbocycles. The van der Waals surface area contributed by atoms with E-state index in [9.17, 15) is 31.1 Å².